The highest BCUT2D eigenvalue weighted by atomic mass is 35.5. The van der Waals surface area contributed by atoms with Crippen LogP contribution in [0.5, 0.6) is 0 Å². The second-order valence-corrected chi connectivity index (χ2v) is 6.87. The lowest BCUT2D eigenvalue weighted by Crippen LogP contribution is -2.47. The molecule has 2 heterocycles. The second kappa shape index (κ2) is 8.83. The van der Waals surface area contributed by atoms with E-state index in [2.05, 4.69) is 20.1 Å². The third-order valence-corrected chi connectivity index (χ3v) is 5.31. The van der Waals surface area contributed by atoms with E-state index in [9.17, 15) is 4.39 Å². The second-order valence-electron chi connectivity index (χ2n) is 6.46. The van der Waals surface area contributed by atoms with Crippen molar-refractivity contribution >= 4 is 17.6 Å². The van der Waals surface area contributed by atoms with Crippen molar-refractivity contribution in [2.75, 3.05) is 53.0 Å². The summed E-state index contributed by atoms with van der Waals surface area (Å²) in [5, 5.41) is 3.82. The minimum atomic E-state index is -0.252. The Morgan fingerprint density at radius 3 is 2.88 bits per heavy atom. The molecule has 0 aromatic heterocycles. The van der Waals surface area contributed by atoms with E-state index < -0.39 is 0 Å². The highest BCUT2D eigenvalue weighted by molar-refractivity contribution is 6.31. The Hall–Kier alpha value is -1.37. The number of rotatable bonds is 4. The van der Waals surface area contributed by atoms with Gasteiger partial charge in [0.2, 0.25) is 0 Å². The Morgan fingerprint density at radius 2 is 2.16 bits per heavy atom. The van der Waals surface area contributed by atoms with Crippen LogP contribution in [-0.2, 0) is 11.2 Å². The van der Waals surface area contributed by atoms with Gasteiger partial charge in [0.15, 0.2) is 5.96 Å². The van der Waals surface area contributed by atoms with Crippen LogP contribution in [0, 0.1) is 5.82 Å². The first-order valence-corrected chi connectivity index (χ1v) is 9.27. The third-order valence-electron chi connectivity index (χ3n) is 4.96. The van der Waals surface area contributed by atoms with E-state index in [1.807, 2.05) is 0 Å². The molecule has 1 aromatic carbocycles. The summed E-state index contributed by atoms with van der Waals surface area (Å²) in [6, 6.07) is 5.36. The molecular formula is C18H26ClFN4O. The van der Waals surface area contributed by atoms with Crippen LogP contribution in [-0.4, -0.2) is 74.8 Å². The van der Waals surface area contributed by atoms with Crippen molar-refractivity contribution in [3.05, 3.63) is 34.6 Å². The summed E-state index contributed by atoms with van der Waals surface area (Å²) in [4.78, 5) is 9.18. The first kappa shape index (κ1) is 18.4. The van der Waals surface area contributed by atoms with Crippen molar-refractivity contribution in [3.8, 4) is 0 Å². The topological polar surface area (TPSA) is 40.1 Å². The highest BCUT2D eigenvalue weighted by Gasteiger charge is 2.30. The van der Waals surface area contributed by atoms with Crippen LogP contribution in [0.4, 0.5) is 4.39 Å². The molecule has 138 valence electrons. The van der Waals surface area contributed by atoms with Crippen molar-refractivity contribution in [1.29, 1.82) is 0 Å². The fraction of sp³-hybridized carbons (Fsp3) is 0.611. The van der Waals surface area contributed by atoms with Crippen LogP contribution < -0.4 is 5.32 Å². The van der Waals surface area contributed by atoms with Crippen LogP contribution >= 0.6 is 11.6 Å². The first-order chi connectivity index (χ1) is 12.2. The van der Waals surface area contributed by atoms with Gasteiger partial charge in [-0.05, 0) is 25.0 Å². The van der Waals surface area contributed by atoms with Gasteiger partial charge in [-0.2, -0.15) is 0 Å². The van der Waals surface area contributed by atoms with E-state index >= 15 is 0 Å². The Labute approximate surface area is 153 Å². The Kier molecular flexibility index (Phi) is 6.51. The molecule has 0 amide bonds. The van der Waals surface area contributed by atoms with Crippen LogP contribution in [0.3, 0.4) is 0 Å². The van der Waals surface area contributed by atoms with Crippen LogP contribution in [0.1, 0.15) is 12.0 Å². The number of aliphatic imine (C=N–C) groups is 1. The fourth-order valence-electron chi connectivity index (χ4n) is 3.58. The molecule has 7 heteroatoms. The van der Waals surface area contributed by atoms with E-state index in [1.165, 1.54) is 6.07 Å². The molecule has 1 aromatic rings. The van der Waals surface area contributed by atoms with E-state index in [0.717, 1.165) is 51.8 Å². The molecule has 2 fully saturated rings. The zero-order valence-electron chi connectivity index (χ0n) is 14.7. The Bertz CT molecular complexity index is 586. The molecule has 2 aliphatic heterocycles. The zero-order valence-corrected chi connectivity index (χ0v) is 15.4. The van der Waals surface area contributed by atoms with Gasteiger partial charge in [0.1, 0.15) is 5.82 Å². The van der Waals surface area contributed by atoms with Gasteiger partial charge in [0.25, 0.3) is 0 Å². The van der Waals surface area contributed by atoms with Crippen LogP contribution in [0.15, 0.2) is 23.2 Å². The summed E-state index contributed by atoms with van der Waals surface area (Å²) in [7, 11) is 1.79. The van der Waals surface area contributed by atoms with Crippen molar-refractivity contribution in [3.63, 3.8) is 0 Å². The summed E-state index contributed by atoms with van der Waals surface area (Å²) in [6.07, 6.45) is 1.67. The molecule has 0 bridgehead atoms. The third kappa shape index (κ3) is 4.63. The lowest BCUT2D eigenvalue weighted by atomic mass is 10.1. The van der Waals surface area contributed by atoms with Gasteiger partial charge in [-0.15, -0.1) is 0 Å². The minimum absolute atomic E-state index is 0.252. The number of morpholine rings is 1. The molecule has 1 N–H and O–H groups in total. The average molecular weight is 369 g/mol. The van der Waals surface area contributed by atoms with Crippen molar-refractivity contribution in [1.82, 2.24) is 15.1 Å². The molecule has 1 unspecified atom stereocenters. The normalized spacial score (nSPS) is 22.4. The summed E-state index contributed by atoms with van der Waals surface area (Å²) in [5.74, 6) is 0.626. The van der Waals surface area contributed by atoms with Gasteiger partial charge in [-0.3, -0.25) is 9.89 Å². The number of hydrogen-bond acceptors (Lipinski definition) is 3. The smallest absolute Gasteiger partial charge is 0.193 e. The summed E-state index contributed by atoms with van der Waals surface area (Å²) in [5.41, 5.74) is 0.555. The number of likely N-dealkylation sites (tertiary alicyclic amines) is 1. The predicted octanol–water partition coefficient (Wildman–Crippen LogP) is 2.00. The standard InChI is InChI=1S/C18H26ClFN4O/c1-21-18(22-7-5-15-16(19)3-2-4-17(15)20)24-8-6-14(13-24)23-9-11-25-12-10-23/h2-4,14H,5-13H2,1H3,(H,21,22). The molecule has 0 aliphatic carbocycles. The average Bonchev–Trinajstić information content (AvgIpc) is 3.11. The maximum absolute atomic E-state index is 13.8. The molecule has 2 aliphatic rings. The van der Waals surface area contributed by atoms with E-state index in [0.29, 0.717) is 29.6 Å². The minimum Gasteiger partial charge on any atom is -0.379 e. The lowest BCUT2D eigenvalue weighted by molar-refractivity contribution is 0.0195. The van der Waals surface area contributed by atoms with E-state index in [4.69, 9.17) is 16.3 Å². The van der Waals surface area contributed by atoms with Gasteiger partial charge >= 0.3 is 0 Å². The Morgan fingerprint density at radius 1 is 1.36 bits per heavy atom. The maximum atomic E-state index is 13.8. The fourth-order valence-corrected chi connectivity index (χ4v) is 3.84. The molecular weight excluding hydrogens is 343 g/mol. The predicted molar refractivity (Wildman–Crippen MR) is 98.8 cm³/mol. The number of halogens is 2. The number of ether oxygens (including phenoxy) is 1. The molecule has 0 radical (unpaired) electrons. The largest absolute Gasteiger partial charge is 0.379 e. The number of guanidine groups is 1. The number of nitrogens with zero attached hydrogens (tertiary/aromatic N) is 3. The molecule has 1 atom stereocenters. The summed E-state index contributed by atoms with van der Waals surface area (Å²) >= 11 is 6.09. The van der Waals surface area contributed by atoms with Gasteiger partial charge in [-0.25, -0.2) is 4.39 Å². The zero-order chi connectivity index (χ0) is 17.6. The SMILES string of the molecule is CN=C(NCCc1c(F)cccc1Cl)N1CCC(N2CCOCC2)C1. The van der Waals surface area contributed by atoms with Gasteiger partial charge in [0, 0.05) is 56.4 Å². The number of hydrogen-bond donors (Lipinski definition) is 1. The van der Waals surface area contributed by atoms with Gasteiger partial charge < -0.3 is 15.0 Å². The Balaban J connectivity index is 1.50. The van der Waals surface area contributed by atoms with Gasteiger partial charge in [0.05, 0.1) is 13.2 Å². The van der Waals surface area contributed by atoms with Crippen molar-refractivity contribution < 1.29 is 9.13 Å². The highest BCUT2D eigenvalue weighted by Crippen LogP contribution is 2.19. The van der Waals surface area contributed by atoms with Crippen LogP contribution in [0.2, 0.25) is 5.02 Å². The van der Waals surface area contributed by atoms with E-state index in [1.54, 1.807) is 19.2 Å². The molecule has 3 rings (SSSR count). The van der Waals surface area contributed by atoms with E-state index in [-0.39, 0.29) is 5.82 Å². The molecule has 0 spiro atoms. The van der Waals surface area contributed by atoms with Gasteiger partial charge in [-0.1, -0.05) is 17.7 Å². The molecule has 5 nitrogen and oxygen atoms in total. The lowest BCUT2D eigenvalue weighted by Gasteiger charge is -2.32. The maximum Gasteiger partial charge on any atom is 0.193 e. The monoisotopic (exact) mass is 368 g/mol. The molecule has 25 heavy (non-hydrogen) atoms. The summed E-state index contributed by atoms with van der Waals surface area (Å²) < 4.78 is 19.3. The van der Waals surface area contributed by atoms with Crippen molar-refractivity contribution in [2.24, 2.45) is 4.99 Å². The summed E-state index contributed by atoms with van der Waals surface area (Å²) in [6.45, 7) is 6.24. The molecule has 2 saturated heterocycles. The van der Waals surface area contributed by atoms with Crippen molar-refractivity contribution in [2.45, 2.75) is 18.9 Å². The number of benzene rings is 1. The molecule has 0 saturated carbocycles. The van der Waals surface area contributed by atoms with Crippen LogP contribution in [0.25, 0.3) is 0 Å². The number of nitrogens with one attached hydrogen (secondary N) is 1. The first-order valence-electron chi connectivity index (χ1n) is 8.89. The quantitative estimate of drug-likeness (QED) is 0.652.